The molecule has 0 aromatic carbocycles. The summed E-state index contributed by atoms with van der Waals surface area (Å²) >= 11 is 1.36. The maximum absolute atomic E-state index is 10.9. The van der Waals surface area contributed by atoms with Crippen molar-refractivity contribution in [2.75, 3.05) is 20.1 Å². The molecule has 4 nitrogen and oxygen atoms in total. The zero-order valence-corrected chi connectivity index (χ0v) is 12.6. The van der Waals surface area contributed by atoms with Crippen LogP contribution in [-0.4, -0.2) is 42.2 Å². The fourth-order valence-corrected chi connectivity index (χ4v) is 3.58. The molecule has 106 valence electrons. The average molecular weight is 282 g/mol. The van der Waals surface area contributed by atoms with Gasteiger partial charge in [0.1, 0.15) is 4.88 Å². The number of hydrogen-bond acceptors (Lipinski definition) is 4. The Kier molecular flexibility index (Phi) is 4.60. The van der Waals surface area contributed by atoms with Gasteiger partial charge in [-0.25, -0.2) is 4.79 Å². The zero-order chi connectivity index (χ0) is 14.0. The van der Waals surface area contributed by atoms with E-state index in [9.17, 15) is 4.79 Å². The summed E-state index contributed by atoms with van der Waals surface area (Å²) in [6, 6.07) is 2.33. The first-order valence-corrected chi connectivity index (χ1v) is 7.53. The molecule has 2 heterocycles. The van der Waals surface area contributed by atoms with Gasteiger partial charge in [-0.15, -0.1) is 11.3 Å². The van der Waals surface area contributed by atoms with Gasteiger partial charge in [0.15, 0.2) is 0 Å². The number of nitrogens with one attached hydrogen (secondary N) is 1. The number of rotatable bonds is 4. The van der Waals surface area contributed by atoms with Crippen molar-refractivity contribution < 1.29 is 9.90 Å². The third-order valence-electron chi connectivity index (χ3n) is 3.89. The molecular weight excluding hydrogens is 260 g/mol. The second-order valence-electron chi connectivity index (χ2n) is 5.51. The Morgan fingerprint density at radius 3 is 2.95 bits per heavy atom. The SMILES string of the molecule is Cc1sc(C(=O)O)cc1CNC1CCN(C)CC1C. The van der Waals surface area contributed by atoms with Crippen molar-refractivity contribution in [3.63, 3.8) is 0 Å². The second kappa shape index (κ2) is 6.03. The van der Waals surface area contributed by atoms with Crippen molar-refractivity contribution in [2.45, 2.75) is 32.9 Å². The number of hydrogen-bond donors (Lipinski definition) is 2. The topological polar surface area (TPSA) is 52.6 Å². The van der Waals surface area contributed by atoms with Gasteiger partial charge < -0.3 is 15.3 Å². The molecular formula is C14H22N2O2S. The van der Waals surface area contributed by atoms with Gasteiger partial charge in [0.2, 0.25) is 0 Å². The lowest BCUT2D eigenvalue weighted by atomic mass is 9.94. The Balaban J connectivity index is 1.93. The fraction of sp³-hybridized carbons (Fsp3) is 0.643. The molecule has 0 amide bonds. The van der Waals surface area contributed by atoms with Crippen LogP contribution >= 0.6 is 11.3 Å². The Bertz CT molecular complexity index is 458. The highest BCUT2D eigenvalue weighted by atomic mass is 32.1. The summed E-state index contributed by atoms with van der Waals surface area (Å²) in [5.41, 5.74) is 1.12. The van der Waals surface area contributed by atoms with Crippen molar-refractivity contribution in [1.29, 1.82) is 0 Å². The molecule has 19 heavy (non-hydrogen) atoms. The van der Waals surface area contributed by atoms with Crippen LogP contribution in [0.1, 0.15) is 33.5 Å². The van der Waals surface area contributed by atoms with E-state index >= 15 is 0 Å². The predicted molar refractivity (Wildman–Crippen MR) is 77.9 cm³/mol. The van der Waals surface area contributed by atoms with E-state index in [-0.39, 0.29) is 0 Å². The second-order valence-corrected chi connectivity index (χ2v) is 6.77. The summed E-state index contributed by atoms with van der Waals surface area (Å²) in [7, 11) is 2.16. The first-order chi connectivity index (χ1) is 8.97. The standard InChI is InChI=1S/C14H22N2O2S/c1-9-8-16(3)5-4-12(9)15-7-11-6-13(14(17)18)19-10(11)2/h6,9,12,15H,4-5,7-8H2,1-3H3,(H,17,18). The summed E-state index contributed by atoms with van der Waals surface area (Å²) in [5, 5.41) is 12.6. The number of aryl methyl sites for hydroxylation is 1. The molecule has 0 aliphatic carbocycles. The summed E-state index contributed by atoms with van der Waals surface area (Å²) in [6.45, 7) is 7.29. The molecule has 1 saturated heterocycles. The number of carbonyl (C=O) groups is 1. The zero-order valence-electron chi connectivity index (χ0n) is 11.8. The number of likely N-dealkylation sites (tertiary alicyclic amines) is 1. The van der Waals surface area contributed by atoms with Gasteiger partial charge in [-0.05, 0) is 44.5 Å². The van der Waals surface area contributed by atoms with Crippen LogP contribution < -0.4 is 5.32 Å². The summed E-state index contributed by atoms with van der Waals surface area (Å²) in [5.74, 6) is -0.191. The van der Waals surface area contributed by atoms with Crippen molar-refractivity contribution in [2.24, 2.45) is 5.92 Å². The minimum atomic E-state index is -0.827. The van der Waals surface area contributed by atoms with Crippen LogP contribution in [0.5, 0.6) is 0 Å². The third kappa shape index (κ3) is 3.55. The highest BCUT2D eigenvalue weighted by Gasteiger charge is 2.23. The van der Waals surface area contributed by atoms with Crippen molar-refractivity contribution >= 4 is 17.3 Å². The van der Waals surface area contributed by atoms with Crippen LogP contribution in [0, 0.1) is 12.8 Å². The Morgan fingerprint density at radius 2 is 2.37 bits per heavy atom. The van der Waals surface area contributed by atoms with Gasteiger partial charge >= 0.3 is 5.97 Å². The largest absolute Gasteiger partial charge is 0.477 e. The molecule has 1 aliphatic rings. The van der Waals surface area contributed by atoms with Gasteiger partial charge in [-0.3, -0.25) is 0 Å². The van der Waals surface area contributed by atoms with Crippen LogP contribution in [0.2, 0.25) is 0 Å². The smallest absolute Gasteiger partial charge is 0.345 e. The van der Waals surface area contributed by atoms with E-state index in [4.69, 9.17) is 5.11 Å². The lowest BCUT2D eigenvalue weighted by Gasteiger charge is -2.35. The van der Waals surface area contributed by atoms with E-state index in [0.717, 1.165) is 36.5 Å². The van der Waals surface area contributed by atoms with Gasteiger partial charge in [-0.1, -0.05) is 6.92 Å². The number of carboxylic acids is 1. The molecule has 0 saturated carbocycles. The summed E-state index contributed by atoms with van der Waals surface area (Å²) in [4.78, 5) is 14.8. The Labute approximate surface area is 118 Å². The van der Waals surface area contributed by atoms with Crippen molar-refractivity contribution in [1.82, 2.24) is 10.2 Å². The fourth-order valence-electron chi connectivity index (χ4n) is 2.70. The molecule has 1 aliphatic heterocycles. The predicted octanol–water partition coefficient (Wildman–Crippen LogP) is 2.18. The van der Waals surface area contributed by atoms with E-state index in [1.807, 2.05) is 6.92 Å². The van der Waals surface area contributed by atoms with E-state index in [1.54, 1.807) is 6.07 Å². The lowest BCUT2D eigenvalue weighted by Crippen LogP contribution is -2.46. The minimum absolute atomic E-state index is 0.436. The molecule has 1 fully saturated rings. The minimum Gasteiger partial charge on any atom is -0.477 e. The molecule has 0 bridgehead atoms. The molecule has 2 N–H and O–H groups in total. The van der Waals surface area contributed by atoms with Gasteiger partial charge in [0, 0.05) is 24.0 Å². The maximum atomic E-state index is 10.9. The Morgan fingerprint density at radius 1 is 1.63 bits per heavy atom. The highest BCUT2D eigenvalue weighted by molar-refractivity contribution is 7.14. The molecule has 0 radical (unpaired) electrons. The molecule has 5 heteroatoms. The van der Waals surface area contributed by atoms with Crippen LogP contribution in [0.3, 0.4) is 0 Å². The van der Waals surface area contributed by atoms with Crippen molar-refractivity contribution in [3.05, 3.63) is 21.4 Å². The molecule has 2 atom stereocenters. The van der Waals surface area contributed by atoms with E-state index in [0.29, 0.717) is 16.8 Å². The van der Waals surface area contributed by atoms with Crippen LogP contribution in [0.25, 0.3) is 0 Å². The maximum Gasteiger partial charge on any atom is 0.345 e. The number of aromatic carboxylic acids is 1. The van der Waals surface area contributed by atoms with Gasteiger partial charge in [0.05, 0.1) is 0 Å². The van der Waals surface area contributed by atoms with Crippen molar-refractivity contribution in [3.8, 4) is 0 Å². The molecule has 1 aromatic heterocycles. The van der Waals surface area contributed by atoms with Crippen LogP contribution in [-0.2, 0) is 6.54 Å². The molecule has 0 spiro atoms. The van der Waals surface area contributed by atoms with E-state index in [1.165, 1.54) is 11.3 Å². The van der Waals surface area contributed by atoms with E-state index < -0.39 is 5.97 Å². The first kappa shape index (κ1) is 14.5. The van der Waals surface area contributed by atoms with Crippen LogP contribution in [0.15, 0.2) is 6.07 Å². The highest BCUT2D eigenvalue weighted by Crippen LogP contribution is 2.22. The molecule has 2 unspecified atom stereocenters. The average Bonchev–Trinajstić information content (AvgIpc) is 2.70. The van der Waals surface area contributed by atoms with Gasteiger partial charge in [-0.2, -0.15) is 0 Å². The number of thiophene rings is 1. The van der Waals surface area contributed by atoms with Gasteiger partial charge in [0.25, 0.3) is 0 Å². The molecule has 1 aromatic rings. The first-order valence-electron chi connectivity index (χ1n) is 6.72. The van der Waals surface area contributed by atoms with E-state index in [2.05, 4.69) is 24.2 Å². The molecule has 2 rings (SSSR count). The summed E-state index contributed by atoms with van der Waals surface area (Å²) < 4.78 is 0. The normalized spacial score (nSPS) is 24.6. The summed E-state index contributed by atoms with van der Waals surface area (Å²) in [6.07, 6.45) is 1.16. The Hall–Kier alpha value is -0.910. The van der Waals surface area contributed by atoms with Crippen LogP contribution in [0.4, 0.5) is 0 Å². The third-order valence-corrected chi connectivity index (χ3v) is 4.98. The number of piperidine rings is 1. The number of carboxylic acid groups (broad SMARTS) is 1. The quantitative estimate of drug-likeness (QED) is 0.889. The monoisotopic (exact) mass is 282 g/mol. The lowest BCUT2D eigenvalue weighted by molar-refractivity contribution is 0.0702. The number of nitrogens with zero attached hydrogens (tertiary/aromatic N) is 1.